The summed E-state index contributed by atoms with van der Waals surface area (Å²) in [6, 6.07) is 0. The summed E-state index contributed by atoms with van der Waals surface area (Å²) in [6.45, 7) is 6.43. The normalized spacial score (nSPS) is 15.7. The van der Waals surface area contributed by atoms with Gasteiger partial charge in [0.2, 0.25) is 5.91 Å². The van der Waals surface area contributed by atoms with E-state index in [1.54, 1.807) is 0 Å². The zero-order valence-corrected chi connectivity index (χ0v) is 10.0. The standard InChI is InChI=1S/C12H24N2O/c1-10(2)8-14-12(15)9-13-7-3-4-11-5-6-11/h10-11,13H,3-9H2,1-2H3,(H,14,15). The second-order valence-corrected chi connectivity index (χ2v) is 4.96. The summed E-state index contributed by atoms with van der Waals surface area (Å²) in [7, 11) is 0. The van der Waals surface area contributed by atoms with Gasteiger partial charge in [0, 0.05) is 6.54 Å². The molecule has 2 N–H and O–H groups in total. The average Bonchev–Trinajstić information content (AvgIpc) is 2.98. The van der Waals surface area contributed by atoms with Crippen molar-refractivity contribution >= 4 is 5.91 Å². The van der Waals surface area contributed by atoms with Crippen molar-refractivity contribution in [1.82, 2.24) is 10.6 Å². The topological polar surface area (TPSA) is 41.1 Å². The molecule has 0 radical (unpaired) electrons. The van der Waals surface area contributed by atoms with E-state index in [0.29, 0.717) is 12.5 Å². The molecule has 0 heterocycles. The molecular formula is C12H24N2O. The van der Waals surface area contributed by atoms with Crippen molar-refractivity contribution in [2.45, 2.75) is 39.5 Å². The Morgan fingerprint density at radius 1 is 1.40 bits per heavy atom. The van der Waals surface area contributed by atoms with E-state index in [9.17, 15) is 4.79 Å². The van der Waals surface area contributed by atoms with Crippen LogP contribution >= 0.6 is 0 Å². The molecule has 0 atom stereocenters. The molecule has 1 aliphatic rings. The highest BCUT2D eigenvalue weighted by Crippen LogP contribution is 2.33. The van der Waals surface area contributed by atoms with E-state index < -0.39 is 0 Å². The van der Waals surface area contributed by atoms with Crippen LogP contribution in [0, 0.1) is 11.8 Å². The highest BCUT2D eigenvalue weighted by Gasteiger charge is 2.19. The SMILES string of the molecule is CC(C)CNC(=O)CNCCCC1CC1. The second-order valence-electron chi connectivity index (χ2n) is 4.96. The molecule has 1 saturated carbocycles. The minimum absolute atomic E-state index is 0.120. The summed E-state index contributed by atoms with van der Waals surface area (Å²) in [5, 5.41) is 6.07. The van der Waals surface area contributed by atoms with E-state index in [4.69, 9.17) is 0 Å². The smallest absolute Gasteiger partial charge is 0.233 e. The quantitative estimate of drug-likeness (QED) is 0.599. The van der Waals surface area contributed by atoms with Gasteiger partial charge in [0.1, 0.15) is 0 Å². The van der Waals surface area contributed by atoms with Gasteiger partial charge in [-0.25, -0.2) is 0 Å². The van der Waals surface area contributed by atoms with Gasteiger partial charge in [-0.2, -0.15) is 0 Å². The lowest BCUT2D eigenvalue weighted by atomic mass is 10.2. The molecule has 0 saturated heterocycles. The minimum atomic E-state index is 0.120. The Hall–Kier alpha value is -0.570. The number of amides is 1. The van der Waals surface area contributed by atoms with Gasteiger partial charge in [-0.15, -0.1) is 0 Å². The molecule has 0 unspecified atom stereocenters. The van der Waals surface area contributed by atoms with Crippen molar-refractivity contribution < 1.29 is 4.79 Å². The molecular weight excluding hydrogens is 188 g/mol. The van der Waals surface area contributed by atoms with Gasteiger partial charge >= 0.3 is 0 Å². The molecule has 0 aromatic heterocycles. The van der Waals surface area contributed by atoms with Crippen molar-refractivity contribution in [3.05, 3.63) is 0 Å². The lowest BCUT2D eigenvalue weighted by Crippen LogP contribution is -2.36. The van der Waals surface area contributed by atoms with Crippen molar-refractivity contribution in [1.29, 1.82) is 0 Å². The predicted molar refractivity (Wildman–Crippen MR) is 62.7 cm³/mol. The van der Waals surface area contributed by atoms with Crippen molar-refractivity contribution in [3.63, 3.8) is 0 Å². The first-order valence-corrected chi connectivity index (χ1v) is 6.16. The summed E-state index contributed by atoms with van der Waals surface area (Å²) < 4.78 is 0. The number of hydrogen-bond acceptors (Lipinski definition) is 2. The average molecular weight is 212 g/mol. The van der Waals surface area contributed by atoms with Crippen LogP contribution in [-0.2, 0) is 4.79 Å². The number of rotatable bonds is 8. The summed E-state index contributed by atoms with van der Waals surface area (Å²) in [6.07, 6.45) is 5.40. The number of hydrogen-bond donors (Lipinski definition) is 2. The summed E-state index contributed by atoms with van der Waals surface area (Å²) in [5.74, 6) is 1.65. The lowest BCUT2D eigenvalue weighted by Gasteiger charge is -2.08. The molecule has 1 aliphatic carbocycles. The maximum atomic E-state index is 11.3. The third-order valence-electron chi connectivity index (χ3n) is 2.66. The molecule has 3 heteroatoms. The Kier molecular flexibility index (Phi) is 5.69. The summed E-state index contributed by atoms with van der Waals surface area (Å²) in [5.41, 5.74) is 0. The first kappa shape index (κ1) is 12.5. The summed E-state index contributed by atoms with van der Waals surface area (Å²) in [4.78, 5) is 11.3. The van der Waals surface area contributed by atoms with Gasteiger partial charge in [-0.1, -0.05) is 26.7 Å². The van der Waals surface area contributed by atoms with E-state index >= 15 is 0 Å². The molecule has 1 amide bonds. The van der Waals surface area contributed by atoms with Crippen molar-refractivity contribution in [3.8, 4) is 0 Å². The van der Waals surface area contributed by atoms with Crippen LogP contribution in [0.5, 0.6) is 0 Å². The van der Waals surface area contributed by atoms with Gasteiger partial charge in [0.25, 0.3) is 0 Å². The highest BCUT2D eigenvalue weighted by molar-refractivity contribution is 5.77. The van der Waals surface area contributed by atoms with E-state index in [0.717, 1.165) is 19.0 Å². The van der Waals surface area contributed by atoms with Crippen LogP contribution in [-0.4, -0.2) is 25.5 Å². The van der Waals surface area contributed by atoms with E-state index in [-0.39, 0.29) is 5.91 Å². The van der Waals surface area contributed by atoms with Gasteiger partial charge < -0.3 is 10.6 Å². The first-order chi connectivity index (χ1) is 7.18. The third-order valence-corrected chi connectivity index (χ3v) is 2.66. The van der Waals surface area contributed by atoms with E-state index in [1.807, 2.05) is 0 Å². The molecule has 0 aliphatic heterocycles. The molecule has 0 spiro atoms. The third kappa shape index (κ3) is 7.37. The summed E-state index contributed by atoms with van der Waals surface area (Å²) >= 11 is 0. The van der Waals surface area contributed by atoms with Crippen molar-refractivity contribution in [2.75, 3.05) is 19.6 Å². The van der Waals surface area contributed by atoms with Crippen LogP contribution in [0.15, 0.2) is 0 Å². The molecule has 3 nitrogen and oxygen atoms in total. The first-order valence-electron chi connectivity index (χ1n) is 6.16. The van der Waals surface area contributed by atoms with Gasteiger partial charge in [0.05, 0.1) is 6.54 Å². The zero-order chi connectivity index (χ0) is 11.1. The fourth-order valence-electron chi connectivity index (χ4n) is 1.50. The maximum Gasteiger partial charge on any atom is 0.233 e. The number of carbonyl (C=O) groups excluding carboxylic acids is 1. The fourth-order valence-corrected chi connectivity index (χ4v) is 1.50. The maximum absolute atomic E-state index is 11.3. The van der Waals surface area contributed by atoms with Crippen LogP contribution in [0.2, 0.25) is 0 Å². The monoisotopic (exact) mass is 212 g/mol. The van der Waals surface area contributed by atoms with E-state index in [1.165, 1.54) is 25.7 Å². The van der Waals surface area contributed by atoms with Crippen LogP contribution in [0.3, 0.4) is 0 Å². The molecule has 0 aromatic carbocycles. The van der Waals surface area contributed by atoms with Crippen LogP contribution in [0.4, 0.5) is 0 Å². The van der Waals surface area contributed by atoms with Crippen LogP contribution in [0.25, 0.3) is 0 Å². The largest absolute Gasteiger partial charge is 0.355 e. The number of nitrogens with one attached hydrogen (secondary N) is 2. The van der Waals surface area contributed by atoms with Crippen LogP contribution in [0.1, 0.15) is 39.5 Å². The minimum Gasteiger partial charge on any atom is -0.355 e. The molecule has 0 bridgehead atoms. The Morgan fingerprint density at radius 2 is 2.13 bits per heavy atom. The molecule has 0 aromatic rings. The second kappa shape index (κ2) is 6.83. The molecule has 15 heavy (non-hydrogen) atoms. The van der Waals surface area contributed by atoms with Gasteiger partial charge in [-0.3, -0.25) is 4.79 Å². The molecule has 1 rings (SSSR count). The van der Waals surface area contributed by atoms with E-state index in [2.05, 4.69) is 24.5 Å². The Morgan fingerprint density at radius 3 is 2.73 bits per heavy atom. The van der Waals surface area contributed by atoms with Crippen LogP contribution < -0.4 is 10.6 Å². The van der Waals surface area contributed by atoms with Gasteiger partial charge in [0.15, 0.2) is 0 Å². The zero-order valence-electron chi connectivity index (χ0n) is 10.0. The fraction of sp³-hybridized carbons (Fsp3) is 0.917. The van der Waals surface area contributed by atoms with Crippen molar-refractivity contribution in [2.24, 2.45) is 11.8 Å². The predicted octanol–water partition coefficient (Wildman–Crippen LogP) is 1.54. The lowest BCUT2D eigenvalue weighted by molar-refractivity contribution is -0.120. The Labute approximate surface area is 93.0 Å². The molecule has 1 fully saturated rings. The molecule has 88 valence electrons. The Balaban J connectivity index is 1.82. The Bertz CT molecular complexity index is 188. The van der Waals surface area contributed by atoms with Gasteiger partial charge in [-0.05, 0) is 31.2 Å². The highest BCUT2D eigenvalue weighted by atomic mass is 16.1. The number of carbonyl (C=O) groups is 1.